The van der Waals surface area contributed by atoms with Crippen LogP contribution >= 0.6 is 0 Å². The van der Waals surface area contributed by atoms with Gasteiger partial charge >= 0.3 is 0 Å². The van der Waals surface area contributed by atoms with Crippen molar-refractivity contribution in [1.82, 2.24) is 0 Å². The summed E-state index contributed by atoms with van der Waals surface area (Å²) in [6, 6.07) is 18.6. The highest BCUT2D eigenvalue weighted by Crippen LogP contribution is 2.08. The van der Waals surface area contributed by atoms with Crippen LogP contribution < -0.4 is 0 Å². The molecule has 2 aromatic carbocycles. The number of benzene rings is 2. The summed E-state index contributed by atoms with van der Waals surface area (Å²) in [5.41, 5.74) is 1.47. The summed E-state index contributed by atoms with van der Waals surface area (Å²) in [6.45, 7) is 0. The number of allylic oxidation sites excluding steroid dienone is 4. The molecule has 0 aromatic heterocycles. The SMILES string of the molecule is O=C(c1ccccc1)c1ccccc1.O=C1C=CC(=O)C=C1. The molecule has 0 bridgehead atoms. The van der Waals surface area contributed by atoms with E-state index >= 15 is 0 Å². The Bertz CT molecular complexity index is 646. The summed E-state index contributed by atoms with van der Waals surface area (Å²) < 4.78 is 0. The molecule has 3 heteroatoms. The molecule has 0 radical (unpaired) electrons. The Kier molecular flexibility index (Phi) is 5.32. The lowest BCUT2D eigenvalue weighted by Gasteiger charge is -1.99. The molecule has 108 valence electrons. The van der Waals surface area contributed by atoms with Gasteiger partial charge in [-0.3, -0.25) is 14.4 Å². The van der Waals surface area contributed by atoms with E-state index in [4.69, 9.17) is 0 Å². The molecule has 0 saturated heterocycles. The van der Waals surface area contributed by atoms with Gasteiger partial charge in [0.05, 0.1) is 0 Å². The van der Waals surface area contributed by atoms with E-state index in [2.05, 4.69) is 0 Å². The van der Waals surface area contributed by atoms with Gasteiger partial charge in [0.25, 0.3) is 0 Å². The van der Waals surface area contributed by atoms with Gasteiger partial charge in [0, 0.05) is 11.1 Å². The monoisotopic (exact) mass is 290 g/mol. The third kappa shape index (κ3) is 4.49. The lowest BCUT2D eigenvalue weighted by molar-refractivity contribution is -0.113. The summed E-state index contributed by atoms with van der Waals surface area (Å²) in [7, 11) is 0. The molecular weight excluding hydrogens is 276 g/mol. The van der Waals surface area contributed by atoms with E-state index in [1.54, 1.807) is 0 Å². The van der Waals surface area contributed by atoms with E-state index < -0.39 is 0 Å². The van der Waals surface area contributed by atoms with Crippen LogP contribution in [0.1, 0.15) is 15.9 Å². The summed E-state index contributed by atoms with van der Waals surface area (Å²) in [5, 5.41) is 0. The maximum absolute atomic E-state index is 11.8. The highest BCUT2D eigenvalue weighted by molar-refractivity contribution is 6.14. The van der Waals surface area contributed by atoms with Gasteiger partial charge in [-0.25, -0.2) is 0 Å². The molecule has 0 fully saturated rings. The number of carbonyl (C=O) groups is 3. The Hall–Kier alpha value is -3.07. The molecule has 3 rings (SSSR count). The number of carbonyl (C=O) groups excluding carboxylic acids is 3. The first-order valence-corrected chi connectivity index (χ1v) is 6.76. The van der Waals surface area contributed by atoms with E-state index in [1.807, 2.05) is 60.7 Å². The first kappa shape index (κ1) is 15.3. The zero-order chi connectivity index (χ0) is 15.8. The number of hydrogen-bond acceptors (Lipinski definition) is 3. The fraction of sp³-hybridized carbons (Fsp3) is 0. The van der Waals surface area contributed by atoms with Gasteiger partial charge in [-0.2, -0.15) is 0 Å². The van der Waals surface area contributed by atoms with Gasteiger partial charge in [0.15, 0.2) is 17.3 Å². The van der Waals surface area contributed by atoms with Crippen LogP contribution in [-0.4, -0.2) is 17.3 Å². The fourth-order valence-electron chi connectivity index (χ4n) is 1.79. The van der Waals surface area contributed by atoms with Crippen molar-refractivity contribution in [2.75, 3.05) is 0 Å². The first-order chi connectivity index (χ1) is 10.7. The van der Waals surface area contributed by atoms with Crippen molar-refractivity contribution in [3.05, 3.63) is 96.1 Å². The third-order valence-electron chi connectivity index (χ3n) is 2.90. The fourth-order valence-corrected chi connectivity index (χ4v) is 1.79. The van der Waals surface area contributed by atoms with E-state index in [-0.39, 0.29) is 17.3 Å². The normalized spacial score (nSPS) is 12.5. The molecule has 1 aliphatic rings. The van der Waals surface area contributed by atoms with Gasteiger partial charge < -0.3 is 0 Å². The summed E-state index contributed by atoms with van der Waals surface area (Å²) in [5.74, 6) is -0.166. The quantitative estimate of drug-likeness (QED) is 0.630. The van der Waals surface area contributed by atoms with E-state index in [9.17, 15) is 14.4 Å². The smallest absolute Gasteiger partial charge is 0.193 e. The third-order valence-corrected chi connectivity index (χ3v) is 2.90. The minimum Gasteiger partial charge on any atom is -0.290 e. The topological polar surface area (TPSA) is 51.2 Å². The maximum Gasteiger partial charge on any atom is 0.193 e. The second-order valence-electron chi connectivity index (χ2n) is 4.53. The molecule has 22 heavy (non-hydrogen) atoms. The zero-order valence-corrected chi connectivity index (χ0v) is 11.8. The molecule has 2 aromatic rings. The largest absolute Gasteiger partial charge is 0.290 e. The van der Waals surface area contributed by atoms with Crippen LogP contribution in [0.3, 0.4) is 0 Å². The second kappa shape index (κ2) is 7.64. The molecule has 0 unspecified atom stereocenters. The van der Waals surface area contributed by atoms with E-state index in [0.717, 1.165) is 11.1 Å². The van der Waals surface area contributed by atoms with Crippen molar-refractivity contribution in [2.45, 2.75) is 0 Å². The van der Waals surface area contributed by atoms with Crippen LogP contribution in [-0.2, 0) is 9.59 Å². The molecule has 0 amide bonds. The molecule has 0 saturated carbocycles. The molecule has 0 heterocycles. The van der Waals surface area contributed by atoms with Crippen molar-refractivity contribution >= 4 is 17.3 Å². The van der Waals surface area contributed by atoms with E-state index in [0.29, 0.717) is 0 Å². The lowest BCUT2D eigenvalue weighted by Crippen LogP contribution is -1.99. The van der Waals surface area contributed by atoms with Gasteiger partial charge in [0.2, 0.25) is 0 Å². The Morgan fingerprint density at radius 3 is 1.18 bits per heavy atom. The summed E-state index contributed by atoms with van der Waals surface area (Å²) >= 11 is 0. The average Bonchev–Trinajstić information content (AvgIpc) is 2.59. The Labute approximate surface area is 128 Å². The number of hydrogen-bond donors (Lipinski definition) is 0. The molecule has 0 aliphatic heterocycles. The Morgan fingerprint density at radius 2 is 0.864 bits per heavy atom. The molecule has 1 aliphatic carbocycles. The summed E-state index contributed by atoms with van der Waals surface area (Å²) in [6.07, 6.45) is 5.01. The predicted molar refractivity (Wildman–Crippen MR) is 84.6 cm³/mol. The Balaban J connectivity index is 0.000000188. The van der Waals surface area contributed by atoms with Crippen molar-refractivity contribution in [3.8, 4) is 0 Å². The molecule has 0 spiro atoms. The minimum atomic E-state index is -0.121. The molecule has 3 nitrogen and oxygen atoms in total. The standard InChI is InChI=1S/C13H10O.C6H4O2/c14-13(11-7-3-1-4-8-11)12-9-5-2-6-10-12;7-5-1-2-6(8)4-3-5/h1-10H;1-4H. The van der Waals surface area contributed by atoms with Gasteiger partial charge in [-0.1, -0.05) is 60.7 Å². The molecular formula is C19H14O3. The van der Waals surface area contributed by atoms with Crippen molar-refractivity contribution in [3.63, 3.8) is 0 Å². The van der Waals surface area contributed by atoms with Crippen LogP contribution in [0, 0.1) is 0 Å². The average molecular weight is 290 g/mol. The summed E-state index contributed by atoms with van der Waals surface area (Å²) in [4.78, 5) is 32.4. The van der Waals surface area contributed by atoms with Crippen molar-refractivity contribution in [2.24, 2.45) is 0 Å². The van der Waals surface area contributed by atoms with Crippen LogP contribution in [0.4, 0.5) is 0 Å². The highest BCUT2D eigenvalue weighted by Gasteiger charge is 2.06. The van der Waals surface area contributed by atoms with Crippen LogP contribution in [0.5, 0.6) is 0 Å². The van der Waals surface area contributed by atoms with Gasteiger partial charge in [-0.05, 0) is 24.3 Å². The van der Waals surface area contributed by atoms with Crippen LogP contribution in [0.2, 0.25) is 0 Å². The minimum absolute atomic E-state index is 0.0752. The van der Waals surface area contributed by atoms with Crippen LogP contribution in [0.15, 0.2) is 85.0 Å². The Morgan fingerprint density at radius 1 is 0.545 bits per heavy atom. The van der Waals surface area contributed by atoms with Gasteiger partial charge in [0.1, 0.15) is 0 Å². The second-order valence-corrected chi connectivity index (χ2v) is 4.53. The van der Waals surface area contributed by atoms with Gasteiger partial charge in [-0.15, -0.1) is 0 Å². The predicted octanol–water partition coefficient (Wildman–Crippen LogP) is 3.17. The molecule has 0 N–H and O–H groups in total. The highest BCUT2D eigenvalue weighted by atomic mass is 16.1. The zero-order valence-electron chi connectivity index (χ0n) is 11.8. The van der Waals surface area contributed by atoms with Crippen LogP contribution in [0.25, 0.3) is 0 Å². The molecule has 0 atom stereocenters. The number of rotatable bonds is 2. The van der Waals surface area contributed by atoms with Crippen molar-refractivity contribution in [1.29, 1.82) is 0 Å². The number of ketones is 3. The maximum atomic E-state index is 11.8. The van der Waals surface area contributed by atoms with Crippen molar-refractivity contribution < 1.29 is 14.4 Å². The lowest BCUT2D eigenvalue weighted by atomic mass is 10.0. The van der Waals surface area contributed by atoms with E-state index in [1.165, 1.54) is 24.3 Å². The first-order valence-electron chi connectivity index (χ1n) is 6.76.